The maximum absolute atomic E-state index is 13.2. The van der Waals surface area contributed by atoms with Crippen LogP contribution in [0, 0.1) is 0 Å². The van der Waals surface area contributed by atoms with Gasteiger partial charge >= 0.3 is 5.82 Å². The van der Waals surface area contributed by atoms with Crippen molar-refractivity contribution in [1.82, 2.24) is 9.97 Å². The molecule has 0 fully saturated rings. The Balaban J connectivity index is 1.48. The lowest BCUT2D eigenvalue weighted by molar-refractivity contribution is -0.598. The third kappa shape index (κ3) is 5.42. The number of amides is 1. The maximum atomic E-state index is 13.2. The standard InChI is InChI=1S/C26H21N5O4S2/c1-2-35-19-9-11-20(12-10-19)37(33,34)30-24-25(29-22-7-4-3-6-21(22)28-24)31-15-13-18(14-16-31)27-26(32)23-8-5-17-36-23/h3-17H,2H2,1H3,(H,28,30)/p+1. The molecule has 0 spiro atoms. The number of thiophene rings is 1. The highest BCUT2D eigenvalue weighted by Crippen LogP contribution is 2.23. The van der Waals surface area contributed by atoms with Crippen molar-refractivity contribution in [3.8, 4) is 11.6 Å². The Morgan fingerprint density at radius 2 is 1.65 bits per heavy atom. The molecule has 0 bridgehead atoms. The van der Waals surface area contributed by atoms with Gasteiger partial charge in [-0.25, -0.2) is 13.4 Å². The van der Waals surface area contributed by atoms with Crippen molar-refractivity contribution in [1.29, 1.82) is 0 Å². The molecule has 9 nitrogen and oxygen atoms in total. The van der Waals surface area contributed by atoms with Gasteiger partial charge in [-0.3, -0.25) is 9.52 Å². The molecule has 5 rings (SSSR count). The molecule has 0 aliphatic carbocycles. The van der Waals surface area contributed by atoms with Crippen LogP contribution in [-0.2, 0) is 10.0 Å². The Morgan fingerprint density at radius 1 is 0.946 bits per heavy atom. The number of carbonyl (C=O) groups is 1. The number of sulfonamides is 1. The van der Waals surface area contributed by atoms with Crippen LogP contribution in [0.5, 0.6) is 5.75 Å². The summed E-state index contributed by atoms with van der Waals surface area (Å²) in [6.45, 7) is 2.34. The van der Waals surface area contributed by atoms with E-state index in [0.717, 1.165) is 0 Å². The molecule has 0 saturated carbocycles. The number of fused-ring (bicyclic) bond motifs is 1. The monoisotopic (exact) mass is 532 g/mol. The first-order valence-corrected chi connectivity index (χ1v) is 13.7. The minimum Gasteiger partial charge on any atom is -0.494 e. The van der Waals surface area contributed by atoms with Crippen molar-refractivity contribution >= 4 is 49.8 Å². The highest BCUT2D eigenvalue weighted by Gasteiger charge is 2.25. The summed E-state index contributed by atoms with van der Waals surface area (Å²) in [5.41, 5.74) is 1.72. The van der Waals surface area contributed by atoms with Gasteiger partial charge in [-0.2, -0.15) is 4.57 Å². The van der Waals surface area contributed by atoms with Gasteiger partial charge in [-0.15, -0.1) is 11.3 Å². The molecule has 2 N–H and O–H groups in total. The minimum atomic E-state index is -3.97. The summed E-state index contributed by atoms with van der Waals surface area (Å²) in [7, 11) is -3.97. The average molecular weight is 533 g/mol. The molecular weight excluding hydrogens is 510 g/mol. The lowest BCUT2D eigenvalue weighted by Gasteiger charge is -2.10. The van der Waals surface area contributed by atoms with E-state index in [2.05, 4.69) is 20.0 Å². The molecule has 3 aromatic heterocycles. The van der Waals surface area contributed by atoms with E-state index in [-0.39, 0.29) is 22.4 Å². The number of hydrogen-bond donors (Lipinski definition) is 2. The largest absolute Gasteiger partial charge is 0.494 e. The molecule has 3 heterocycles. The predicted molar refractivity (Wildman–Crippen MR) is 142 cm³/mol. The molecule has 0 radical (unpaired) electrons. The van der Waals surface area contributed by atoms with Crippen molar-refractivity contribution in [3.05, 3.63) is 95.4 Å². The van der Waals surface area contributed by atoms with E-state index in [1.165, 1.54) is 23.5 Å². The van der Waals surface area contributed by atoms with Gasteiger partial charge in [0, 0.05) is 17.8 Å². The summed E-state index contributed by atoms with van der Waals surface area (Å²) in [4.78, 5) is 22.2. The number of anilines is 2. The predicted octanol–water partition coefficient (Wildman–Crippen LogP) is 4.42. The fourth-order valence-electron chi connectivity index (χ4n) is 3.56. The van der Waals surface area contributed by atoms with E-state index in [0.29, 0.717) is 34.0 Å². The quantitative estimate of drug-likeness (QED) is 0.286. The zero-order chi connectivity index (χ0) is 25.8. The van der Waals surface area contributed by atoms with Crippen LogP contribution in [0.4, 0.5) is 11.5 Å². The van der Waals surface area contributed by atoms with Crippen LogP contribution >= 0.6 is 11.3 Å². The molecule has 0 saturated heterocycles. The zero-order valence-electron chi connectivity index (χ0n) is 19.7. The molecule has 0 aliphatic heterocycles. The number of hydrogen-bond acceptors (Lipinski definition) is 7. The SMILES string of the molecule is CCOc1ccc(S(=O)(=O)Nc2nc3ccccc3nc2-[n+]2ccc(NC(=O)c3cccs3)cc2)cc1. The second kappa shape index (κ2) is 10.3. The van der Waals surface area contributed by atoms with Gasteiger partial charge < -0.3 is 10.1 Å². The summed E-state index contributed by atoms with van der Waals surface area (Å²) >= 11 is 1.35. The normalized spacial score (nSPS) is 11.3. The second-order valence-electron chi connectivity index (χ2n) is 7.82. The maximum Gasteiger partial charge on any atom is 0.372 e. The van der Waals surface area contributed by atoms with Crippen LogP contribution in [0.1, 0.15) is 16.6 Å². The highest BCUT2D eigenvalue weighted by atomic mass is 32.2. The van der Waals surface area contributed by atoms with E-state index in [4.69, 9.17) is 4.74 Å². The van der Waals surface area contributed by atoms with Gasteiger partial charge in [0.05, 0.1) is 28.8 Å². The van der Waals surface area contributed by atoms with Crippen molar-refractivity contribution in [2.24, 2.45) is 0 Å². The number of aromatic nitrogens is 3. The second-order valence-corrected chi connectivity index (χ2v) is 10.5. The fourth-order valence-corrected chi connectivity index (χ4v) is 5.18. The van der Waals surface area contributed by atoms with Crippen molar-refractivity contribution in [2.75, 3.05) is 16.6 Å². The number of rotatable bonds is 8. The average Bonchev–Trinajstić information content (AvgIpc) is 3.45. The van der Waals surface area contributed by atoms with Gasteiger partial charge in [0.25, 0.3) is 15.9 Å². The lowest BCUT2D eigenvalue weighted by Crippen LogP contribution is -2.33. The fraction of sp³-hybridized carbons (Fsp3) is 0.0769. The first-order valence-electron chi connectivity index (χ1n) is 11.3. The van der Waals surface area contributed by atoms with E-state index >= 15 is 0 Å². The van der Waals surface area contributed by atoms with Gasteiger partial charge in [0.15, 0.2) is 0 Å². The van der Waals surface area contributed by atoms with Crippen LogP contribution in [-0.4, -0.2) is 30.9 Å². The molecule has 0 unspecified atom stereocenters. The first-order chi connectivity index (χ1) is 17.9. The van der Waals surface area contributed by atoms with E-state index in [1.807, 2.05) is 24.4 Å². The van der Waals surface area contributed by atoms with Crippen LogP contribution in [0.15, 0.2) is 95.5 Å². The topological polar surface area (TPSA) is 114 Å². The van der Waals surface area contributed by atoms with Crippen molar-refractivity contribution in [3.63, 3.8) is 0 Å². The molecule has 0 atom stereocenters. The Kier molecular flexibility index (Phi) is 6.80. The molecule has 186 valence electrons. The van der Waals surface area contributed by atoms with Crippen LogP contribution < -0.4 is 19.3 Å². The number of nitrogens with one attached hydrogen (secondary N) is 2. The first kappa shape index (κ1) is 24.3. The molecule has 0 aliphatic rings. The number of nitrogens with zero attached hydrogens (tertiary/aromatic N) is 3. The third-order valence-corrected chi connectivity index (χ3v) is 7.53. The van der Waals surface area contributed by atoms with E-state index < -0.39 is 10.0 Å². The summed E-state index contributed by atoms with van der Waals surface area (Å²) in [6, 6.07) is 20.3. The molecule has 5 aromatic rings. The summed E-state index contributed by atoms with van der Waals surface area (Å²) in [5.74, 6) is 0.716. The van der Waals surface area contributed by atoms with E-state index in [1.54, 1.807) is 65.5 Å². The highest BCUT2D eigenvalue weighted by molar-refractivity contribution is 7.92. The van der Waals surface area contributed by atoms with Crippen molar-refractivity contribution in [2.45, 2.75) is 11.8 Å². The number of carbonyl (C=O) groups excluding carboxylic acids is 1. The summed E-state index contributed by atoms with van der Waals surface area (Å²) in [6.07, 6.45) is 3.36. The smallest absolute Gasteiger partial charge is 0.372 e. The van der Waals surface area contributed by atoms with E-state index in [9.17, 15) is 13.2 Å². The molecule has 37 heavy (non-hydrogen) atoms. The zero-order valence-corrected chi connectivity index (χ0v) is 21.3. The Hall–Kier alpha value is -4.35. The Bertz CT molecular complexity index is 1650. The van der Waals surface area contributed by atoms with Crippen molar-refractivity contribution < 1.29 is 22.5 Å². The van der Waals surface area contributed by atoms with Gasteiger partial charge in [0.2, 0.25) is 11.3 Å². The summed E-state index contributed by atoms with van der Waals surface area (Å²) < 4.78 is 36.0. The molecule has 2 aromatic carbocycles. The van der Waals surface area contributed by atoms with Crippen LogP contribution in [0.25, 0.3) is 16.9 Å². The summed E-state index contributed by atoms with van der Waals surface area (Å²) in [5, 5.41) is 4.68. The van der Waals surface area contributed by atoms with Gasteiger partial charge in [-0.05, 0) is 59.8 Å². The molecule has 11 heteroatoms. The Morgan fingerprint density at radius 3 is 2.30 bits per heavy atom. The van der Waals surface area contributed by atoms with Gasteiger partial charge in [0.1, 0.15) is 11.3 Å². The number of ether oxygens (including phenoxy) is 1. The lowest BCUT2D eigenvalue weighted by atomic mass is 10.3. The third-order valence-electron chi connectivity index (χ3n) is 5.31. The van der Waals surface area contributed by atoms with Gasteiger partial charge in [-0.1, -0.05) is 18.2 Å². The minimum absolute atomic E-state index is 0.0629. The van der Waals surface area contributed by atoms with Crippen LogP contribution in [0.2, 0.25) is 0 Å². The molecule has 1 amide bonds. The Labute approximate surface area is 217 Å². The number of para-hydroxylation sites is 2. The number of benzene rings is 2. The number of pyridine rings is 1. The van der Waals surface area contributed by atoms with Crippen LogP contribution in [0.3, 0.4) is 0 Å². The molecular formula is C26H22N5O4S2+.